The number of nitrogens with one attached hydrogen (secondary N) is 4. The smallest absolute Gasteiger partial charge is 0.327 e. The molecule has 1 aliphatic heterocycles. The number of nitrogens with two attached hydrogens (primary N) is 4. The first kappa shape index (κ1) is 66.7. The lowest BCUT2D eigenvalue weighted by Gasteiger charge is -2.31. The number of aromatic hydroxyl groups is 3. The molecule has 1 aliphatic carbocycles. The van der Waals surface area contributed by atoms with E-state index in [0.717, 1.165) is 108 Å². The van der Waals surface area contributed by atoms with Gasteiger partial charge >= 0.3 is 5.97 Å². The molecule has 0 spiro atoms. The lowest BCUT2D eigenvalue weighted by atomic mass is 9.93. The van der Waals surface area contributed by atoms with Crippen molar-refractivity contribution in [3.05, 3.63) is 121 Å². The zero-order valence-electron chi connectivity index (χ0n) is 56.8. The van der Waals surface area contributed by atoms with Crippen LogP contribution in [0.15, 0.2) is 116 Å². The van der Waals surface area contributed by atoms with Crippen molar-refractivity contribution in [3.63, 3.8) is 0 Å². The number of hydrogen-bond donors (Lipinski definition) is 11. The number of amides is 1. The number of aromatic nitrogens is 20. The summed E-state index contributed by atoms with van der Waals surface area (Å²) in [6.45, 7) is 9.03. The quantitative estimate of drug-likeness (QED) is 0.0536. The summed E-state index contributed by atoms with van der Waals surface area (Å²) in [7, 11) is 1.59. The number of likely N-dealkylation sites (tertiary alicyclic amines) is 1. The van der Waals surface area contributed by atoms with Gasteiger partial charge in [0.05, 0.1) is 75.1 Å². The van der Waals surface area contributed by atoms with Crippen molar-refractivity contribution in [1.29, 1.82) is 0 Å². The van der Waals surface area contributed by atoms with E-state index < -0.39 is 5.97 Å². The molecule has 16 aromatic rings. The van der Waals surface area contributed by atoms with Crippen LogP contribution in [0.3, 0.4) is 0 Å². The molecule has 15 N–H and O–H groups in total. The Morgan fingerprint density at radius 3 is 1.37 bits per heavy atom. The van der Waals surface area contributed by atoms with Gasteiger partial charge in [-0.2, -0.15) is 20.4 Å². The number of esters is 1. The second kappa shape index (κ2) is 27.1. The number of hydrogen-bond acceptors (Lipinski definition) is 23. The number of anilines is 4. The fourth-order valence-corrected chi connectivity index (χ4v) is 13.5. The number of halogens is 1. The lowest BCUT2D eigenvalue weighted by molar-refractivity contribution is -0.144. The summed E-state index contributed by atoms with van der Waals surface area (Å²) in [4.78, 5) is 72.6. The third-order valence-corrected chi connectivity index (χ3v) is 18.9. The van der Waals surface area contributed by atoms with Crippen LogP contribution in [0.2, 0.25) is 5.02 Å². The molecular weight excluding hydrogens is 1350 g/mol. The highest BCUT2D eigenvalue weighted by molar-refractivity contribution is 6.33. The van der Waals surface area contributed by atoms with Crippen LogP contribution in [-0.4, -0.2) is 158 Å². The average molecular weight is 1420 g/mol. The Balaban J connectivity index is 0.000000112. The second-order valence-corrected chi connectivity index (χ2v) is 26.0. The van der Waals surface area contributed by atoms with Crippen molar-refractivity contribution in [2.75, 3.05) is 49.7 Å². The van der Waals surface area contributed by atoms with Gasteiger partial charge in [0.2, 0.25) is 5.91 Å². The minimum atomic E-state index is -0.415. The van der Waals surface area contributed by atoms with Crippen LogP contribution in [-0.2, 0) is 20.9 Å². The number of aromatic amines is 4. The number of nitrogen functional groups attached to an aromatic ring is 4. The highest BCUT2D eigenvalue weighted by atomic mass is 35.5. The van der Waals surface area contributed by atoms with Crippen LogP contribution in [0, 0.1) is 0 Å². The van der Waals surface area contributed by atoms with E-state index in [9.17, 15) is 24.9 Å². The molecule has 0 radical (unpaired) electrons. The van der Waals surface area contributed by atoms with Crippen molar-refractivity contribution < 1.29 is 34.4 Å². The molecule has 0 atom stereocenters. The summed E-state index contributed by atoms with van der Waals surface area (Å²) >= 11 is 6.22. The van der Waals surface area contributed by atoms with Gasteiger partial charge in [0.1, 0.15) is 101 Å². The van der Waals surface area contributed by atoms with Gasteiger partial charge in [0.25, 0.3) is 0 Å². The van der Waals surface area contributed by atoms with Gasteiger partial charge < -0.3 is 72.6 Å². The number of ether oxygens (including phenoxy) is 2. The van der Waals surface area contributed by atoms with Crippen molar-refractivity contribution in [3.8, 4) is 68.5 Å². The van der Waals surface area contributed by atoms with Gasteiger partial charge in [-0.05, 0) is 144 Å². The summed E-state index contributed by atoms with van der Waals surface area (Å²) < 4.78 is 17.5. The Morgan fingerprint density at radius 2 is 0.933 bits per heavy atom. The highest BCUT2D eigenvalue weighted by Crippen LogP contribution is 2.42. The van der Waals surface area contributed by atoms with E-state index in [-0.39, 0.29) is 54.2 Å². The zero-order valence-corrected chi connectivity index (χ0v) is 57.6. The van der Waals surface area contributed by atoms with Crippen LogP contribution in [0.1, 0.15) is 77.9 Å². The molecule has 2 aliphatic rings. The fraction of sp³-hybridized carbons (Fsp3) is 0.239. The predicted molar refractivity (Wildman–Crippen MR) is 395 cm³/mol. The maximum atomic E-state index is 11.9. The number of nitrogens with zero attached hydrogens (tertiary/aromatic N) is 17. The third kappa shape index (κ3) is 12.4. The van der Waals surface area contributed by atoms with Gasteiger partial charge in [-0.1, -0.05) is 11.6 Å². The summed E-state index contributed by atoms with van der Waals surface area (Å²) in [6, 6.07) is 27.5. The topological polar surface area (TPSA) is 458 Å². The molecule has 1 saturated heterocycles. The van der Waals surface area contributed by atoms with E-state index >= 15 is 0 Å². The standard InChI is InChI=1S/C20H21N7O2.C17H17ClN6O.C17H16N6O3.C17H16N6O/c1-11(28)26-6-4-13(5-7-26)27-20-17(19(21)22-10-23-20)18(25-27)16-9-12-8-14(29)2-3-15(12)24-16;1-8(2)24-17-14(16(19)20-7-21-17)15(23-24)12-4-9-5-13(25-3)10(18)6-11(9)22-12;1-2-26-13(25)7-23-17-14(16(18)19-8-20-17)15(22-23)12-6-9-5-10(24)3-4-11(9)21-12;18-16-14-15(13-7-9-6-11(24)4-5-12(9)21-13)22-23(10-2-1-3-10)17(14)20-8-19-16/h2-3,8-10,13,24,29H,4-7H2,1H3,(H2,21,22,23);4-8,22H,1-3H3,(H2,19,20,21);3-6,8,21,24H,2,7H2,1H3,(H2,18,19,20);4-8,10,21,24H,1-3H2,(H2,18,19,20). The van der Waals surface area contributed by atoms with Gasteiger partial charge in [-0.25, -0.2) is 58.6 Å². The number of phenolic OH excluding ortho intramolecular Hbond substituents is 3. The van der Waals surface area contributed by atoms with Gasteiger partial charge in [0.15, 0.2) is 22.6 Å². The second-order valence-electron chi connectivity index (χ2n) is 25.6. The van der Waals surface area contributed by atoms with E-state index in [1.54, 1.807) is 63.4 Å². The molecular formula is C71H70ClN25O7. The van der Waals surface area contributed by atoms with E-state index in [2.05, 4.69) is 64.9 Å². The number of rotatable bonds is 11. The lowest BCUT2D eigenvalue weighted by Crippen LogP contribution is -2.37. The molecule has 4 aromatic carbocycles. The molecule has 0 bridgehead atoms. The fourth-order valence-electron chi connectivity index (χ4n) is 13.3. The first-order valence-corrected chi connectivity index (χ1v) is 33.8. The molecule has 32 nitrogen and oxygen atoms in total. The van der Waals surface area contributed by atoms with Crippen LogP contribution in [0.25, 0.3) is 133 Å². The van der Waals surface area contributed by atoms with Crippen LogP contribution in [0.4, 0.5) is 23.3 Å². The number of carbonyl (C=O) groups is 2. The number of phenols is 3. The van der Waals surface area contributed by atoms with Crippen LogP contribution < -0.4 is 27.7 Å². The number of methoxy groups -OCH3 is 1. The number of H-pyrrole nitrogens is 4. The number of fused-ring (bicyclic) bond motifs is 8. The molecule has 1 amide bonds. The van der Waals surface area contributed by atoms with Crippen molar-refractivity contribution in [2.45, 2.75) is 84.5 Å². The first-order valence-electron chi connectivity index (χ1n) is 33.4. The Hall–Kier alpha value is -13.1. The maximum absolute atomic E-state index is 11.9. The van der Waals surface area contributed by atoms with Crippen molar-refractivity contribution >= 4 is 134 Å². The molecule has 104 heavy (non-hydrogen) atoms. The first-order chi connectivity index (χ1) is 50.3. The minimum Gasteiger partial charge on any atom is -0.508 e. The Kier molecular flexibility index (Phi) is 17.4. The molecule has 13 heterocycles. The SMILES string of the molecule is CC(=O)N1CCC(n2nc(-c3cc4cc(O)ccc4[nH]3)c3c(N)ncnc32)CC1.CCOC(=O)Cn1nc(-c2cc3cc(O)ccc3[nH]2)c2c(N)ncnc21.COc1cc2cc(-c3nn(C(C)C)c4ncnc(N)c34)[nH]c2cc1Cl.Nc1ncnc2c1c(-c1cc3cc(O)ccc3[nH]1)nn2C1CCC1. The average Bonchev–Trinajstić information content (AvgIpc) is 1.63. The number of benzene rings is 4. The van der Waals surface area contributed by atoms with Gasteiger partial charge in [-0.15, -0.1) is 0 Å². The van der Waals surface area contributed by atoms with E-state index in [4.69, 9.17) is 59.3 Å². The van der Waals surface area contributed by atoms with Crippen molar-refractivity contribution in [1.82, 2.24) is 104 Å². The number of carbonyl (C=O) groups excluding carboxylic acids is 2. The third-order valence-electron chi connectivity index (χ3n) is 18.6. The molecule has 18 rings (SSSR count). The molecule has 2 fully saturated rings. The van der Waals surface area contributed by atoms with Crippen LogP contribution >= 0.6 is 11.6 Å². The molecule has 0 unspecified atom stereocenters. The summed E-state index contributed by atoms with van der Waals surface area (Å²) in [6.07, 6.45) is 10.8. The van der Waals surface area contributed by atoms with Gasteiger partial charge in [-0.3, -0.25) is 9.59 Å². The Bertz CT molecular complexity index is 5990. The summed E-state index contributed by atoms with van der Waals surface area (Å²) in [5.41, 5.74) is 36.5. The summed E-state index contributed by atoms with van der Waals surface area (Å²) in [5, 5.41) is 54.9. The van der Waals surface area contributed by atoms with E-state index in [0.29, 0.717) is 97.8 Å². The van der Waals surface area contributed by atoms with E-state index in [1.807, 2.05) is 81.3 Å². The number of piperidine rings is 1. The largest absolute Gasteiger partial charge is 0.508 e. The van der Waals surface area contributed by atoms with Crippen molar-refractivity contribution in [2.24, 2.45) is 0 Å². The normalized spacial score (nSPS) is 13.4. The monoisotopic (exact) mass is 1420 g/mol. The Morgan fingerprint density at radius 1 is 0.529 bits per heavy atom. The minimum absolute atomic E-state index is 0.0815. The van der Waals surface area contributed by atoms with Gasteiger partial charge in [0, 0.05) is 69.7 Å². The predicted octanol–water partition coefficient (Wildman–Crippen LogP) is 11.1. The molecule has 1 saturated carbocycles. The maximum Gasteiger partial charge on any atom is 0.327 e. The van der Waals surface area contributed by atoms with E-state index in [1.165, 1.54) is 36.4 Å². The van der Waals surface area contributed by atoms with Crippen LogP contribution in [0.5, 0.6) is 23.0 Å². The molecule has 528 valence electrons. The molecule has 33 heteroatoms. The summed E-state index contributed by atoms with van der Waals surface area (Å²) in [5.74, 6) is 2.40. The zero-order chi connectivity index (χ0) is 72.4. The Labute approximate surface area is 594 Å². The highest BCUT2D eigenvalue weighted by Gasteiger charge is 2.30. The molecule has 12 aromatic heterocycles.